The lowest BCUT2D eigenvalue weighted by atomic mass is 10.2. The predicted molar refractivity (Wildman–Crippen MR) is 47.4 cm³/mol. The maximum Gasteiger partial charge on any atom is 0.256 e. The highest BCUT2D eigenvalue weighted by Crippen LogP contribution is 2.15. The number of amides is 2. The molecule has 0 unspecified atom stereocenters. The van der Waals surface area contributed by atoms with Gasteiger partial charge in [-0.1, -0.05) is 6.92 Å². The molecule has 1 rings (SSSR count). The normalized spacial score (nSPS) is 18.9. The van der Waals surface area contributed by atoms with Crippen molar-refractivity contribution in [2.75, 3.05) is 6.54 Å². The lowest BCUT2D eigenvalue weighted by Crippen LogP contribution is -2.49. The Balaban J connectivity index is 2.65. The van der Waals surface area contributed by atoms with E-state index in [-0.39, 0.29) is 17.9 Å². The van der Waals surface area contributed by atoms with Gasteiger partial charge in [0.25, 0.3) is 5.91 Å². The molecule has 1 aliphatic rings. The number of nitrogens with zero attached hydrogens (tertiary/aromatic N) is 1. The Kier molecular flexibility index (Phi) is 3.25. The summed E-state index contributed by atoms with van der Waals surface area (Å²) in [5, 5.41) is 0. The number of carbonyl (C=O) groups is 2. The molecule has 2 amide bonds. The number of nitrogens with two attached hydrogens (primary N) is 1. The minimum atomic E-state index is -0.389. The van der Waals surface area contributed by atoms with Gasteiger partial charge in [-0.3, -0.25) is 15.0 Å². The van der Waals surface area contributed by atoms with Crippen LogP contribution in [0.1, 0.15) is 26.2 Å². The van der Waals surface area contributed by atoms with E-state index in [9.17, 15) is 9.59 Å². The summed E-state index contributed by atoms with van der Waals surface area (Å²) in [7, 11) is 0. The summed E-state index contributed by atoms with van der Waals surface area (Å²) in [4.78, 5) is 24.1. The van der Waals surface area contributed by atoms with Crippen molar-refractivity contribution in [3.05, 3.63) is 0 Å². The fourth-order valence-corrected chi connectivity index (χ4v) is 1.64. The van der Waals surface area contributed by atoms with E-state index in [1.165, 1.54) is 0 Å². The van der Waals surface area contributed by atoms with Gasteiger partial charge in [0.15, 0.2) is 0 Å². The van der Waals surface area contributed by atoms with Crippen LogP contribution < -0.4 is 11.3 Å². The van der Waals surface area contributed by atoms with Gasteiger partial charge < -0.3 is 4.90 Å². The van der Waals surface area contributed by atoms with Crippen LogP contribution in [0, 0.1) is 0 Å². The van der Waals surface area contributed by atoms with Crippen molar-refractivity contribution in [3.63, 3.8) is 0 Å². The van der Waals surface area contributed by atoms with Crippen LogP contribution in [0.25, 0.3) is 0 Å². The van der Waals surface area contributed by atoms with Gasteiger partial charge in [0, 0.05) is 13.0 Å². The first-order valence-electron chi connectivity index (χ1n) is 4.50. The average molecular weight is 185 g/mol. The van der Waals surface area contributed by atoms with E-state index in [0.717, 1.165) is 6.42 Å². The van der Waals surface area contributed by atoms with Gasteiger partial charge in [0.1, 0.15) is 6.04 Å². The van der Waals surface area contributed by atoms with Crippen LogP contribution in [-0.2, 0) is 9.59 Å². The van der Waals surface area contributed by atoms with Crippen LogP contribution in [-0.4, -0.2) is 29.3 Å². The molecule has 0 aromatic heterocycles. The number of rotatable bonds is 3. The molecule has 5 nitrogen and oxygen atoms in total. The molecule has 1 heterocycles. The SMILES string of the molecule is CC[C@@H](C(=O)NN)N1CCCC1=O. The Morgan fingerprint density at radius 1 is 1.77 bits per heavy atom. The number of hydrazine groups is 1. The molecule has 3 N–H and O–H groups in total. The van der Waals surface area contributed by atoms with E-state index < -0.39 is 0 Å². The van der Waals surface area contributed by atoms with E-state index in [4.69, 9.17) is 5.84 Å². The molecule has 5 heteroatoms. The molecule has 0 aliphatic carbocycles. The first-order chi connectivity index (χ1) is 6.20. The van der Waals surface area contributed by atoms with Gasteiger partial charge in [-0.25, -0.2) is 5.84 Å². The van der Waals surface area contributed by atoms with Crippen molar-refractivity contribution in [2.24, 2.45) is 5.84 Å². The number of likely N-dealkylation sites (tertiary alicyclic amines) is 1. The highest BCUT2D eigenvalue weighted by atomic mass is 16.2. The second kappa shape index (κ2) is 4.23. The van der Waals surface area contributed by atoms with E-state index >= 15 is 0 Å². The molecule has 74 valence electrons. The zero-order chi connectivity index (χ0) is 9.84. The summed E-state index contributed by atoms with van der Waals surface area (Å²) in [6, 6.07) is -0.389. The number of hydrogen-bond acceptors (Lipinski definition) is 3. The first kappa shape index (κ1) is 9.98. The summed E-state index contributed by atoms with van der Waals surface area (Å²) in [6.45, 7) is 2.54. The van der Waals surface area contributed by atoms with Crippen LogP contribution in [0.4, 0.5) is 0 Å². The van der Waals surface area contributed by atoms with Crippen LogP contribution in [0.2, 0.25) is 0 Å². The van der Waals surface area contributed by atoms with Crippen molar-refractivity contribution in [1.29, 1.82) is 0 Å². The molecule has 1 aliphatic heterocycles. The van der Waals surface area contributed by atoms with Crippen LogP contribution in [0.5, 0.6) is 0 Å². The summed E-state index contributed by atoms with van der Waals surface area (Å²) < 4.78 is 0. The van der Waals surface area contributed by atoms with Gasteiger partial charge in [-0.2, -0.15) is 0 Å². The Bertz CT molecular complexity index is 217. The molecular weight excluding hydrogens is 170 g/mol. The maximum absolute atomic E-state index is 11.3. The smallest absolute Gasteiger partial charge is 0.256 e. The molecule has 1 fully saturated rings. The summed E-state index contributed by atoms with van der Waals surface area (Å²) in [6.07, 6.45) is 2.00. The zero-order valence-corrected chi connectivity index (χ0v) is 7.75. The Hall–Kier alpha value is -1.10. The third-order valence-electron chi connectivity index (χ3n) is 2.32. The highest BCUT2D eigenvalue weighted by molar-refractivity contribution is 5.88. The second-order valence-electron chi connectivity index (χ2n) is 3.12. The minimum Gasteiger partial charge on any atom is -0.331 e. The highest BCUT2D eigenvalue weighted by Gasteiger charge is 2.30. The molecule has 0 bridgehead atoms. The van der Waals surface area contributed by atoms with Gasteiger partial charge >= 0.3 is 0 Å². The Morgan fingerprint density at radius 2 is 2.46 bits per heavy atom. The van der Waals surface area contributed by atoms with Gasteiger partial charge in [0.2, 0.25) is 5.91 Å². The quantitative estimate of drug-likeness (QED) is 0.349. The molecule has 13 heavy (non-hydrogen) atoms. The molecule has 0 radical (unpaired) electrons. The molecule has 0 aromatic carbocycles. The fraction of sp³-hybridized carbons (Fsp3) is 0.750. The van der Waals surface area contributed by atoms with Crippen molar-refractivity contribution in [3.8, 4) is 0 Å². The van der Waals surface area contributed by atoms with Crippen LogP contribution >= 0.6 is 0 Å². The third kappa shape index (κ3) is 1.98. The van der Waals surface area contributed by atoms with E-state index in [0.29, 0.717) is 19.4 Å². The fourth-order valence-electron chi connectivity index (χ4n) is 1.64. The average Bonchev–Trinajstić information content (AvgIpc) is 2.53. The van der Waals surface area contributed by atoms with Gasteiger partial charge in [-0.15, -0.1) is 0 Å². The Labute approximate surface area is 77.2 Å². The number of hydrogen-bond donors (Lipinski definition) is 2. The molecular formula is C8H15N3O2. The minimum absolute atomic E-state index is 0.0513. The molecule has 0 spiro atoms. The zero-order valence-electron chi connectivity index (χ0n) is 7.75. The number of carbonyl (C=O) groups excluding carboxylic acids is 2. The van der Waals surface area contributed by atoms with Gasteiger partial charge in [-0.05, 0) is 12.8 Å². The van der Waals surface area contributed by atoms with Crippen molar-refractivity contribution in [2.45, 2.75) is 32.2 Å². The summed E-state index contributed by atoms with van der Waals surface area (Å²) in [5.74, 6) is 4.80. The predicted octanol–water partition coefficient (Wildman–Crippen LogP) is -0.623. The van der Waals surface area contributed by atoms with E-state index in [1.54, 1.807) is 4.90 Å². The van der Waals surface area contributed by atoms with E-state index in [2.05, 4.69) is 5.43 Å². The topological polar surface area (TPSA) is 75.4 Å². The molecule has 1 atom stereocenters. The lowest BCUT2D eigenvalue weighted by molar-refractivity contribution is -0.137. The van der Waals surface area contributed by atoms with Gasteiger partial charge in [0.05, 0.1) is 0 Å². The molecule has 1 saturated heterocycles. The van der Waals surface area contributed by atoms with Crippen molar-refractivity contribution >= 4 is 11.8 Å². The largest absolute Gasteiger partial charge is 0.331 e. The summed E-state index contributed by atoms with van der Waals surface area (Å²) in [5.41, 5.74) is 2.08. The van der Waals surface area contributed by atoms with Crippen LogP contribution in [0.3, 0.4) is 0 Å². The standard InChI is InChI=1S/C8H15N3O2/c1-2-6(8(13)10-9)11-5-3-4-7(11)12/h6H,2-5,9H2,1H3,(H,10,13)/t6-/m0/s1. The molecule has 0 saturated carbocycles. The second-order valence-corrected chi connectivity index (χ2v) is 3.12. The van der Waals surface area contributed by atoms with Crippen molar-refractivity contribution in [1.82, 2.24) is 10.3 Å². The Morgan fingerprint density at radius 3 is 2.85 bits per heavy atom. The van der Waals surface area contributed by atoms with E-state index in [1.807, 2.05) is 6.92 Å². The van der Waals surface area contributed by atoms with Crippen molar-refractivity contribution < 1.29 is 9.59 Å². The maximum atomic E-state index is 11.3. The molecule has 0 aromatic rings. The van der Waals surface area contributed by atoms with Crippen LogP contribution in [0.15, 0.2) is 0 Å². The number of nitrogens with one attached hydrogen (secondary N) is 1. The summed E-state index contributed by atoms with van der Waals surface area (Å²) >= 11 is 0. The lowest BCUT2D eigenvalue weighted by Gasteiger charge is -2.24. The monoisotopic (exact) mass is 185 g/mol. The first-order valence-corrected chi connectivity index (χ1v) is 4.50. The third-order valence-corrected chi connectivity index (χ3v) is 2.32.